The van der Waals surface area contributed by atoms with E-state index < -0.39 is 0 Å². The molecular weight excluding hydrogens is 216 g/mol. The number of nitrogens with one attached hydrogen (secondary N) is 1. The number of nitrogens with zero attached hydrogens (tertiary/aromatic N) is 1. The Morgan fingerprint density at radius 2 is 2.35 bits per heavy atom. The monoisotopic (exact) mass is 232 g/mol. The molecule has 17 heavy (non-hydrogen) atoms. The van der Waals surface area contributed by atoms with Crippen LogP contribution < -0.4 is 10.1 Å². The van der Waals surface area contributed by atoms with Crippen molar-refractivity contribution in [2.24, 2.45) is 0 Å². The lowest BCUT2D eigenvalue weighted by Gasteiger charge is -2.02. The first-order valence-corrected chi connectivity index (χ1v) is 5.55. The molecule has 2 aromatic rings. The molecule has 0 radical (unpaired) electrons. The number of hydrogen-bond donors (Lipinski definition) is 1. The molecule has 2 heterocycles. The lowest BCUT2D eigenvalue weighted by molar-refractivity contribution is 0.264. The minimum Gasteiger partial charge on any atom is -0.484 e. The van der Waals surface area contributed by atoms with E-state index in [0.717, 1.165) is 29.4 Å². The van der Waals surface area contributed by atoms with Gasteiger partial charge in [0.05, 0.1) is 12.7 Å². The van der Waals surface area contributed by atoms with E-state index in [2.05, 4.69) is 10.3 Å². The highest BCUT2D eigenvalue weighted by molar-refractivity contribution is 5.21. The number of rotatable bonds is 5. The first-order chi connectivity index (χ1) is 8.29. The summed E-state index contributed by atoms with van der Waals surface area (Å²) in [5, 5.41) is 3.07. The summed E-state index contributed by atoms with van der Waals surface area (Å²) in [5.41, 5.74) is 1.14. The van der Waals surface area contributed by atoms with Gasteiger partial charge in [0, 0.05) is 6.20 Å². The van der Waals surface area contributed by atoms with Crippen LogP contribution in [0.1, 0.15) is 17.1 Å². The minimum atomic E-state index is 0.427. The van der Waals surface area contributed by atoms with E-state index in [4.69, 9.17) is 9.15 Å². The Labute approximate surface area is 101 Å². The number of aromatic nitrogens is 1. The molecule has 0 aliphatic heterocycles. The van der Waals surface area contributed by atoms with Crippen LogP contribution in [0.3, 0.4) is 0 Å². The van der Waals surface area contributed by atoms with Gasteiger partial charge in [0.2, 0.25) is 0 Å². The van der Waals surface area contributed by atoms with Crippen molar-refractivity contribution in [1.29, 1.82) is 0 Å². The van der Waals surface area contributed by atoms with Gasteiger partial charge < -0.3 is 14.5 Å². The molecule has 0 aliphatic rings. The molecule has 4 nitrogen and oxygen atoms in total. The number of ether oxygens (including phenoxy) is 1. The summed E-state index contributed by atoms with van der Waals surface area (Å²) in [6.45, 7) is 3.19. The van der Waals surface area contributed by atoms with Gasteiger partial charge >= 0.3 is 0 Å². The van der Waals surface area contributed by atoms with Gasteiger partial charge in [-0.3, -0.25) is 4.98 Å². The second-order valence-electron chi connectivity index (χ2n) is 3.83. The van der Waals surface area contributed by atoms with Gasteiger partial charge in [0.15, 0.2) is 0 Å². The van der Waals surface area contributed by atoms with Crippen LogP contribution in [0.4, 0.5) is 0 Å². The maximum Gasteiger partial charge on any atom is 0.146 e. The second-order valence-corrected chi connectivity index (χ2v) is 3.83. The zero-order chi connectivity index (χ0) is 12.1. The van der Waals surface area contributed by atoms with E-state index >= 15 is 0 Å². The standard InChI is InChI=1S/C13H16N2O2/c1-10-6-12(17-13(10)8-14-2)9-16-11-4-3-5-15-7-11/h3-7,14H,8-9H2,1-2H3. The molecular formula is C13H16N2O2. The van der Waals surface area contributed by atoms with Gasteiger partial charge in [-0.25, -0.2) is 0 Å². The van der Waals surface area contributed by atoms with Gasteiger partial charge in [0.1, 0.15) is 23.9 Å². The highest BCUT2D eigenvalue weighted by atomic mass is 16.5. The first-order valence-electron chi connectivity index (χ1n) is 5.55. The summed E-state index contributed by atoms with van der Waals surface area (Å²) in [6.07, 6.45) is 3.40. The van der Waals surface area contributed by atoms with Crippen LogP contribution >= 0.6 is 0 Å². The molecule has 90 valence electrons. The quantitative estimate of drug-likeness (QED) is 0.859. The van der Waals surface area contributed by atoms with E-state index in [1.54, 1.807) is 12.4 Å². The van der Waals surface area contributed by atoms with Gasteiger partial charge in [-0.05, 0) is 37.7 Å². The molecule has 0 aliphatic carbocycles. The van der Waals surface area contributed by atoms with Crippen LogP contribution in [0.5, 0.6) is 5.75 Å². The molecule has 0 amide bonds. The third kappa shape index (κ3) is 3.07. The van der Waals surface area contributed by atoms with Gasteiger partial charge in [-0.1, -0.05) is 0 Å². The number of aryl methyl sites for hydroxylation is 1. The second kappa shape index (κ2) is 5.50. The summed E-state index contributed by atoms with van der Waals surface area (Å²) in [6, 6.07) is 5.72. The smallest absolute Gasteiger partial charge is 0.146 e. The van der Waals surface area contributed by atoms with Crippen LogP contribution in [0.2, 0.25) is 0 Å². The van der Waals surface area contributed by atoms with Crippen molar-refractivity contribution in [3.63, 3.8) is 0 Å². The fourth-order valence-corrected chi connectivity index (χ4v) is 1.58. The van der Waals surface area contributed by atoms with Crippen LogP contribution in [0.15, 0.2) is 35.0 Å². The Hall–Kier alpha value is -1.81. The van der Waals surface area contributed by atoms with Crippen molar-refractivity contribution in [3.05, 3.63) is 47.7 Å². The molecule has 0 fully saturated rings. The molecule has 1 N–H and O–H groups in total. The lowest BCUT2D eigenvalue weighted by Crippen LogP contribution is -2.04. The summed E-state index contributed by atoms with van der Waals surface area (Å²) in [4.78, 5) is 3.98. The predicted molar refractivity (Wildman–Crippen MR) is 64.8 cm³/mol. The normalized spacial score (nSPS) is 10.5. The largest absolute Gasteiger partial charge is 0.484 e. The fourth-order valence-electron chi connectivity index (χ4n) is 1.58. The molecule has 0 aromatic carbocycles. The molecule has 4 heteroatoms. The summed E-state index contributed by atoms with van der Waals surface area (Å²) < 4.78 is 11.2. The fraction of sp³-hybridized carbons (Fsp3) is 0.308. The minimum absolute atomic E-state index is 0.427. The summed E-state index contributed by atoms with van der Waals surface area (Å²) in [5.74, 6) is 2.53. The van der Waals surface area contributed by atoms with Crippen molar-refractivity contribution in [1.82, 2.24) is 10.3 Å². The molecule has 0 saturated carbocycles. The molecule has 0 atom stereocenters. The topological polar surface area (TPSA) is 47.3 Å². The third-order valence-corrected chi connectivity index (χ3v) is 2.42. The molecule has 2 aromatic heterocycles. The van der Waals surface area contributed by atoms with E-state index in [1.165, 1.54) is 0 Å². The van der Waals surface area contributed by atoms with Gasteiger partial charge in [0.25, 0.3) is 0 Å². The molecule has 0 saturated heterocycles. The van der Waals surface area contributed by atoms with E-state index in [1.807, 2.05) is 32.2 Å². The van der Waals surface area contributed by atoms with Crippen LogP contribution in [0.25, 0.3) is 0 Å². The maximum atomic E-state index is 5.67. The van der Waals surface area contributed by atoms with Gasteiger partial charge in [-0.15, -0.1) is 0 Å². The van der Waals surface area contributed by atoms with E-state index in [0.29, 0.717) is 6.61 Å². The van der Waals surface area contributed by atoms with Crippen molar-refractivity contribution in [2.75, 3.05) is 7.05 Å². The first kappa shape index (κ1) is 11.7. The Morgan fingerprint density at radius 3 is 3.06 bits per heavy atom. The lowest BCUT2D eigenvalue weighted by atomic mass is 10.2. The Balaban J connectivity index is 1.97. The predicted octanol–water partition coefficient (Wildman–Crippen LogP) is 2.28. The van der Waals surface area contributed by atoms with E-state index in [-0.39, 0.29) is 0 Å². The van der Waals surface area contributed by atoms with Crippen LogP contribution in [0, 0.1) is 6.92 Å². The number of pyridine rings is 1. The Morgan fingerprint density at radius 1 is 1.47 bits per heavy atom. The average molecular weight is 232 g/mol. The Kier molecular flexibility index (Phi) is 3.77. The highest BCUT2D eigenvalue weighted by Crippen LogP contribution is 2.16. The maximum absolute atomic E-state index is 5.67. The highest BCUT2D eigenvalue weighted by Gasteiger charge is 2.07. The SMILES string of the molecule is CNCc1oc(COc2cccnc2)cc1C. The Bertz CT molecular complexity index is 466. The number of hydrogen-bond acceptors (Lipinski definition) is 4. The van der Waals surface area contributed by atoms with E-state index in [9.17, 15) is 0 Å². The van der Waals surface area contributed by atoms with Crippen molar-refractivity contribution in [3.8, 4) is 5.75 Å². The van der Waals surface area contributed by atoms with Crippen molar-refractivity contribution < 1.29 is 9.15 Å². The van der Waals surface area contributed by atoms with Crippen molar-refractivity contribution in [2.45, 2.75) is 20.1 Å². The van der Waals surface area contributed by atoms with Gasteiger partial charge in [-0.2, -0.15) is 0 Å². The van der Waals surface area contributed by atoms with Crippen LogP contribution in [-0.4, -0.2) is 12.0 Å². The molecule has 0 bridgehead atoms. The summed E-state index contributed by atoms with van der Waals surface area (Å²) in [7, 11) is 1.90. The molecule has 0 unspecified atom stereocenters. The van der Waals surface area contributed by atoms with Crippen molar-refractivity contribution >= 4 is 0 Å². The average Bonchev–Trinajstić information content (AvgIpc) is 2.70. The molecule has 2 rings (SSSR count). The molecule has 0 spiro atoms. The van der Waals surface area contributed by atoms with Crippen LogP contribution in [-0.2, 0) is 13.2 Å². The third-order valence-electron chi connectivity index (χ3n) is 2.42. The summed E-state index contributed by atoms with van der Waals surface area (Å²) >= 11 is 0. The zero-order valence-electron chi connectivity index (χ0n) is 10.1. The zero-order valence-corrected chi connectivity index (χ0v) is 10.1. The number of furan rings is 1.